The molecule has 5 heteroatoms. The predicted molar refractivity (Wildman–Crippen MR) is 108 cm³/mol. The average Bonchev–Trinajstić information content (AvgIpc) is 3.13. The van der Waals surface area contributed by atoms with E-state index in [9.17, 15) is 4.79 Å². The van der Waals surface area contributed by atoms with E-state index in [2.05, 4.69) is 21.0 Å². The summed E-state index contributed by atoms with van der Waals surface area (Å²) >= 11 is 0. The van der Waals surface area contributed by atoms with Gasteiger partial charge in [0.2, 0.25) is 5.91 Å². The number of likely N-dealkylation sites (tertiary alicyclic amines) is 1. The van der Waals surface area contributed by atoms with Crippen LogP contribution in [0.1, 0.15) is 82.4 Å². The third-order valence-electron chi connectivity index (χ3n) is 6.92. The molecule has 4 rings (SSSR count). The Labute approximate surface area is 163 Å². The fraction of sp³-hybridized carbons (Fsp3) is 0.818. The highest BCUT2D eigenvalue weighted by atomic mass is 16.1. The summed E-state index contributed by atoms with van der Waals surface area (Å²) in [4.78, 5) is 19.5. The van der Waals surface area contributed by atoms with E-state index in [1.807, 2.05) is 6.20 Å². The Kier molecular flexibility index (Phi) is 6.48. The zero-order valence-corrected chi connectivity index (χ0v) is 16.7. The van der Waals surface area contributed by atoms with E-state index >= 15 is 0 Å². The van der Waals surface area contributed by atoms with Gasteiger partial charge in [-0.1, -0.05) is 25.7 Å². The molecule has 3 aliphatic rings. The van der Waals surface area contributed by atoms with Gasteiger partial charge in [-0.15, -0.1) is 0 Å². The monoisotopic (exact) mass is 372 g/mol. The van der Waals surface area contributed by atoms with Gasteiger partial charge in [-0.3, -0.25) is 4.79 Å². The number of nitrogens with zero attached hydrogens (tertiary/aromatic N) is 3. The highest BCUT2D eigenvalue weighted by molar-refractivity contribution is 5.76. The van der Waals surface area contributed by atoms with Crippen molar-refractivity contribution in [3.63, 3.8) is 0 Å². The van der Waals surface area contributed by atoms with Crippen LogP contribution in [-0.2, 0) is 11.3 Å². The van der Waals surface area contributed by atoms with Crippen molar-refractivity contribution in [2.45, 2.75) is 89.1 Å². The first kappa shape index (κ1) is 19.0. The Morgan fingerprint density at radius 2 is 1.93 bits per heavy atom. The van der Waals surface area contributed by atoms with Crippen LogP contribution in [0.15, 0.2) is 12.4 Å². The minimum atomic E-state index is 0.246. The van der Waals surface area contributed by atoms with Crippen LogP contribution in [0.3, 0.4) is 0 Å². The molecule has 2 heterocycles. The van der Waals surface area contributed by atoms with E-state index in [1.54, 1.807) is 0 Å². The zero-order valence-electron chi connectivity index (χ0n) is 16.7. The molecule has 0 bridgehead atoms. The van der Waals surface area contributed by atoms with E-state index < -0.39 is 0 Å². The van der Waals surface area contributed by atoms with Crippen LogP contribution in [0.25, 0.3) is 0 Å². The molecule has 27 heavy (non-hydrogen) atoms. The first-order valence-corrected chi connectivity index (χ1v) is 11.3. The van der Waals surface area contributed by atoms with E-state index in [-0.39, 0.29) is 5.91 Å². The second-order valence-corrected chi connectivity index (χ2v) is 9.03. The van der Waals surface area contributed by atoms with Crippen LogP contribution in [0.4, 0.5) is 0 Å². The van der Waals surface area contributed by atoms with Crippen LogP contribution in [-0.4, -0.2) is 46.0 Å². The zero-order chi connectivity index (χ0) is 18.5. The smallest absolute Gasteiger partial charge is 0.221 e. The Bertz CT molecular complexity index is 603. The molecular formula is C22H36N4O. The maximum absolute atomic E-state index is 12.3. The highest BCUT2D eigenvalue weighted by Gasteiger charge is 2.27. The molecule has 2 saturated carbocycles. The van der Waals surface area contributed by atoms with E-state index in [1.165, 1.54) is 70.0 Å². The lowest BCUT2D eigenvalue weighted by atomic mass is 9.85. The Morgan fingerprint density at radius 3 is 2.70 bits per heavy atom. The van der Waals surface area contributed by atoms with Crippen molar-refractivity contribution in [1.29, 1.82) is 0 Å². The largest absolute Gasteiger partial charge is 0.353 e. The van der Waals surface area contributed by atoms with Crippen LogP contribution >= 0.6 is 0 Å². The van der Waals surface area contributed by atoms with Crippen molar-refractivity contribution in [1.82, 2.24) is 19.8 Å². The summed E-state index contributed by atoms with van der Waals surface area (Å²) in [6.07, 6.45) is 17.6. The normalized spacial score (nSPS) is 25.3. The fourth-order valence-electron chi connectivity index (χ4n) is 5.06. The molecule has 1 aliphatic heterocycles. The number of aromatic nitrogens is 2. The van der Waals surface area contributed by atoms with Gasteiger partial charge in [0.05, 0.1) is 0 Å². The molecule has 0 unspecified atom stereocenters. The number of carbonyl (C=O) groups excluding carboxylic acids is 1. The lowest BCUT2D eigenvalue weighted by Crippen LogP contribution is -2.40. The SMILES string of the molecule is O=C(CCN1CCC[C@H](c2nccn2CC2CCC2)C1)NC1CCCCC1. The fourth-order valence-corrected chi connectivity index (χ4v) is 5.06. The summed E-state index contributed by atoms with van der Waals surface area (Å²) < 4.78 is 2.41. The van der Waals surface area contributed by atoms with Gasteiger partial charge < -0.3 is 14.8 Å². The number of nitrogens with one attached hydrogen (secondary N) is 1. The Hall–Kier alpha value is -1.36. The molecule has 0 radical (unpaired) electrons. The van der Waals surface area contributed by atoms with E-state index in [0.29, 0.717) is 18.4 Å². The van der Waals surface area contributed by atoms with Crippen LogP contribution in [0.2, 0.25) is 0 Å². The number of carbonyl (C=O) groups is 1. The third kappa shape index (κ3) is 5.13. The van der Waals surface area contributed by atoms with Crippen molar-refractivity contribution >= 4 is 5.91 Å². The van der Waals surface area contributed by atoms with Crippen molar-refractivity contribution in [2.75, 3.05) is 19.6 Å². The number of hydrogen-bond donors (Lipinski definition) is 1. The third-order valence-corrected chi connectivity index (χ3v) is 6.92. The number of hydrogen-bond acceptors (Lipinski definition) is 3. The van der Waals surface area contributed by atoms with Gasteiger partial charge in [0, 0.05) is 50.4 Å². The van der Waals surface area contributed by atoms with Gasteiger partial charge in [-0.25, -0.2) is 4.98 Å². The van der Waals surface area contributed by atoms with E-state index in [4.69, 9.17) is 4.98 Å². The summed E-state index contributed by atoms with van der Waals surface area (Å²) in [7, 11) is 0. The molecule has 0 spiro atoms. The quantitative estimate of drug-likeness (QED) is 0.794. The molecule has 2 aliphatic carbocycles. The predicted octanol–water partition coefficient (Wildman–Crippen LogP) is 3.70. The number of imidazole rings is 1. The molecule has 1 amide bonds. The summed E-state index contributed by atoms with van der Waals surface area (Å²) in [5.74, 6) is 2.91. The lowest BCUT2D eigenvalue weighted by Gasteiger charge is -2.33. The van der Waals surface area contributed by atoms with Crippen molar-refractivity contribution in [3.8, 4) is 0 Å². The lowest BCUT2D eigenvalue weighted by molar-refractivity contribution is -0.122. The topological polar surface area (TPSA) is 50.2 Å². The van der Waals surface area contributed by atoms with Gasteiger partial charge in [0.15, 0.2) is 0 Å². The van der Waals surface area contributed by atoms with Gasteiger partial charge >= 0.3 is 0 Å². The molecule has 1 saturated heterocycles. The van der Waals surface area contributed by atoms with Gasteiger partial charge in [-0.2, -0.15) is 0 Å². The second-order valence-electron chi connectivity index (χ2n) is 9.03. The summed E-state index contributed by atoms with van der Waals surface area (Å²) in [5, 5.41) is 3.26. The molecule has 5 nitrogen and oxygen atoms in total. The summed E-state index contributed by atoms with van der Waals surface area (Å²) in [6, 6.07) is 0.430. The van der Waals surface area contributed by atoms with Gasteiger partial charge in [-0.05, 0) is 51.0 Å². The molecule has 1 aromatic rings. The standard InChI is InChI=1S/C22H36N4O/c27-21(24-20-9-2-1-3-10-20)11-14-25-13-5-8-19(17-25)22-23-12-15-26(22)16-18-6-4-7-18/h12,15,18-20H,1-11,13-14,16-17H2,(H,24,27)/t19-/m0/s1. The van der Waals surface area contributed by atoms with E-state index in [0.717, 1.165) is 32.1 Å². The molecule has 150 valence electrons. The van der Waals surface area contributed by atoms with Crippen LogP contribution in [0, 0.1) is 5.92 Å². The molecular weight excluding hydrogens is 336 g/mol. The van der Waals surface area contributed by atoms with Crippen molar-refractivity contribution in [2.24, 2.45) is 5.92 Å². The Balaban J connectivity index is 1.24. The first-order chi connectivity index (χ1) is 13.3. The van der Waals surface area contributed by atoms with Gasteiger partial charge in [0.1, 0.15) is 5.82 Å². The maximum atomic E-state index is 12.3. The molecule has 1 N–H and O–H groups in total. The number of rotatable bonds is 7. The molecule has 1 aromatic heterocycles. The molecule has 0 aromatic carbocycles. The molecule has 1 atom stereocenters. The number of piperidine rings is 1. The summed E-state index contributed by atoms with van der Waals surface area (Å²) in [5.41, 5.74) is 0. The van der Waals surface area contributed by atoms with Crippen LogP contribution in [0.5, 0.6) is 0 Å². The molecule has 3 fully saturated rings. The van der Waals surface area contributed by atoms with Crippen molar-refractivity contribution in [3.05, 3.63) is 18.2 Å². The first-order valence-electron chi connectivity index (χ1n) is 11.3. The number of amides is 1. The van der Waals surface area contributed by atoms with Crippen LogP contribution < -0.4 is 5.32 Å². The Morgan fingerprint density at radius 1 is 1.07 bits per heavy atom. The van der Waals surface area contributed by atoms with Gasteiger partial charge in [0.25, 0.3) is 0 Å². The highest BCUT2D eigenvalue weighted by Crippen LogP contribution is 2.31. The minimum Gasteiger partial charge on any atom is -0.353 e. The average molecular weight is 373 g/mol. The maximum Gasteiger partial charge on any atom is 0.221 e. The summed E-state index contributed by atoms with van der Waals surface area (Å²) in [6.45, 7) is 4.21. The second kappa shape index (κ2) is 9.22. The minimum absolute atomic E-state index is 0.246. The van der Waals surface area contributed by atoms with Crippen molar-refractivity contribution < 1.29 is 4.79 Å².